The Balaban J connectivity index is 1.47. The van der Waals surface area contributed by atoms with Gasteiger partial charge in [-0.1, -0.05) is 32.9 Å². The first-order valence-electron chi connectivity index (χ1n) is 14.3. The van der Waals surface area contributed by atoms with E-state index in [1.54, 1.807) is 19.2 Å². The van der Waals surface area contributed by atoms with Gasteiger partial charge in [0.25, 0.3) is 0 Å². The van der Waals surface area contributed by atoms with Crippen molar-refractivity contribution in [1.29, 1.82) is 0 Å². The number of aliphatic carboxylic acids is 1. The summed E-state index contributed by atoms with van der Waals surface area (Å²) in [6, 6.07) is 9.87. The van der Waals surface area contributed by atoms with Gasteiger partial charge in [-0.2, -0.15) is 0 Å². The van der Waals surface area contributed by atoms with Gasteiger partial charge in [-0.3, -0.25) is 14.7 Å². The van der Waals surface area contributed by atoms with Crippen LogP contribution >= 0.6 is 0 Å². The van der Waals surface area contributed by atoms with E-state index in [-0.39, 0.29) is 12.0 Å². The minimum atomic E-state index is -0.762. The summed E-state index contributed by atoms with van der Waals surface area (Å²) in [5.41, 5.74) is 5.05. The molecule has 8 heteroatoms. The van der Waals surface area contributed by atoms with Crippen LogP contribution < -0.4 is 9.47 Å². The number of ether oxygens (including phenoxy) is 2. The molecule has 1 aliphatic heterocycles. The number of pyridine rings is 2. The molecule has 0 bridgehead atoms. The van der Waals surface area contributed by atoms with E-state index >= 15 is 0 Å². The van der Waals surface area contributed by atoms with Crippen LogP contribution in [0.25, 0.3) is 11.1 Å². The molecule has 1 fully saturated rings. The quantitative estimate of drug-likeness (QED) is 0.297. The van der Waals surface area contributed by atoms with E-state index in [1.807, 2.05) is 12.1 Å². The Morgan fingerprint density at radius 1 is 1.12 bits per heavy atom. The van der Waals surface area contributed by atoms with E-state index in [0.29, 0.717) is 29.5 Å². The first kappa shape index (κ1) is 28.0. The van der Waals surface area contributed by atoms with Crippen molar-refractivity contribution in [2.24, 2.45) is 11.8 Å². The van der Waals surface area contributed by atoms with Crippen LogP contribution in [-0.2, 0) is 17.8 Å². The van der Waals surface area contributed by atoms with E-state index in [9.17, 15) is 14.3 Å². The normalized spacial score (nSPS) is 18.1. The highest BCUT2D eigenvalue weighted by Gasteiger charge is 2.39. The highest BCUT2D eigenvalue weighted by atomic mass is 19.1. The zero-order valence-electron chi connectivity index (χ0n) is 23.7. The topological polar surface area (TPSA) is 84.8 Å². The standard InChI is InChI=1S/C32H38FN3O4/c1-5-36(6-2)18-23-13-27(34-16-25(23)24-15-30(39-4)35-17-26(24)33)28-12-11-20-7-10-22(14-29(20)40-28)31(21-8-9-21)19(3)32(37)38/h7,10,13-17,19,21,28,31H,5-6,8-9,11-12,18H2,1-4H3,(H,37,38)/t19-,28?,31?/m0/s1. The molecule has 2 aromatic heterocycles. The molecule has 3 heterocycles. The van der Waals surface area contributed by atoms with Crippen LogP contribution in [0.15, 0.2) is 42.7 Å². The fourth-order valence-corrected chi connectivity index (χ4v) is 5.87. The number of aromatic nitrogens is 2. The van der Waals surface area contributed by atoms with Crippen molar-refractivity contribution >= 4 is 5.97 Å². The lowest BCUT2D eigenvalue weighted by Crippen LogP contribution is -2.23. The predicted octanol–water partition coefficient (Wildman–Crippen LogP) is 6.41. The largest absolute Gasteiger partial charge is 0.484 e. The minimum Gasteiger partial charge on any atom is -0.484 e. The van der Waals surface area contributed by atoms with Crippen molar-refractivity contribution in [2.75, 3.05) is 20.2 Å². The first-order valence-corrected chi connectivity index (χ1v) is 14.3. The van der Waals surface area contributed by atoms with Gasteiger partial charge in [0, 0.05) is 29.9 Å². The molecule has 5 rings (SSSR count). The number of carbonyl (C=O) groups is 1. The molecule has 3 aromatic rings. The fourth-order valence-electron chi connectivity index (χ4n) is 5.87. The molecule has 1 aliphatic carbocycles. The summed E-state index contributed by atoms with van der Waals surface area (Å²) in [5, 5.41) is 9.72. The molecule has 40 heavy (non-hydrogen) atoms. The van der Waals surface area contributed by atoms with Gasteiger partial charge in [0.15, 0.2) is 0 Å². The molecule has 0 saturated heterocycles. The summed E-state index contributed by atoms with van der Waals surface area (Å²) >= 11 is 0. The van der Waals surface area contributed by atoms with Gasteiger partial charge in [0.2, 0.25) is 5.88 Å². The maximum absolute atomic E-state index is 14.9. The third kappa shape index (κ3) is 5.82. The van der Waals surface area contributed by atoms with Crippen molar-refractivity contribution in [1.82, 2.24) is 14.9 Å². The summed E-state index contributed by atoms with van der Waals surface area (Å²) in [6.45, 7) is 8.40. The van der Waals surface area contributed by atoms with Crippen LogP contribution in [0.3, 0.4) is 0 Å². The fraction of sp³-hybridized carbons (Fsp3) is 0.469. The van der Waals surface area contributed by atoms with Gasteiger partial charge in [-0.25, -0.2) is 9.37 Å². The van der Waals surface area contributed by atoms with E-state index < -0.39 is 17.7 Å². The molecule has 0 amide bonds. The van der Waals surface area contributed by atoms with Gasteiger partial charge < -0.3 is 14.6 Å². The van der Waals surface area contributed by atoms with Gasteiger partial charge >= 0.3 is 5.97 Å². The van der Waals surface area contributed by atoms with Gasteiger partial charge in [0.05, 0.1) is 24.9 Å². The molecule has 1 saturated carbocycles. The highest BCUT2D eigenvalue weighted by Crippen LogP contribution is 2.48. The Kier molecular flexibility index (Phi) is 8.35. The molecular weight excluding hydrogens is 509 g/mol. The summed E-state index contributed by atoms with van der Waals surface area (Å²) in [6.07, 6.45) is 6.42. The monoisotopic (exact) mass is 547 g/mol. The molecule has 0 radical (unpaired) electrons. The lowest BCUT2D eigenvalue weighted by atomic mass is 9.82. The SMILES string of the molecule is CCN(CC)Cc1cc(C2CCc3ccc(C(C4CC4)[C@H](C)C(=O)O)cc3O2)ncc1-c1cc(OC)ncc1F. The molecular formula is C32H38FN3O4. The number of carboxylic acid groups (broad SMARTS) is 1. The lowest BCUT2D eigenvalue weighted by molar-refractivity contribution is -0.142. The highest BCUT2D eigenvalue weighted by molar-refractivity contribution is 5.71. The summed E-state index contributed by atoms with van der Waals surface area (Å²) in [7, 11) is 1.51. The maximum Gasteiger partial charge on any atom is 0.306 e. The Hall–Kier alpha value is -3.52. The lowest BCUT2D eigenvalue weighted by Gasteiger charge is -2.29. The summed E-state index contributed by atoms with van der Waals surface area (Å²) in [5.74, 6) is -0.0928. The van der Waals surface area contributed by atoms with Crippen LogP contribution in [0.4, 0.5) is 4.39 Å². The Morgan fingerprint density at radius 3 is 2.58 bits per heavy atom. The number of benzene rings is 1. The number of halogens is 1. The van der Waals surface area contributed by atoms with Gasteiger partial charge in [-0.15, -0.1) is 0 Å². The Morgan fingerprint density at radius 2 is 1.90 bits per heavy atom. The number of rotatable bonds is 11. The number of fused-ring (bicyclic) bond motifs is 1. The Labute approximate surface area is 235 Å². The number of nitrogens with zero attached hydrogens (tertiary/aromatic N) is 3. The average Bonchev–Trinajstić information content (AvgIpc) is 3.81. The Bertz CT molecular complexity index is 1370. The van der Waals surface area contributed by atoms with Gasteiger partial charge in [-0.05, 0) is 79.4 Å². The van der Waals surface area contributed by atoms with Crippen LogP contribution in [0, 0.1) is 17.7 Å². The zero-order chi connectivity index (χ0) is 28.4. The molecule has 1 N–H and O–H groups in total. The van der Waals surface area contributed by atoms with Crippen molar-refractivity contribution in [3.05, 3.63) is 70.9 Å². The van der Waals surface area contributed by atoms with Crippen LogP contribution in [0.1, 0.15) is 74.4 Å². The van der Waals surface area contributed by atoms with E-state index in [0.717, 1.165) is 66.9 Å². The summed E-state index contributed by atoms with van der Waals surface area (Å²) < 4.78 is 26.7. The minimum absolute atomic E-state index is 0.0166. The van der Waals surface area contributed by atoms with Crippen LogP contribution in [-0.4, -0.2) is 46.1 Å². The van der Waals surface area contributed by atoms with E-state index in [1.165, 1.54) is 13.3 Å². The number of carboxylic acids is 1. The van der Waals surface area contributed by atoms with Crippen molar-refractivity contribution in [3.63, 3.8) is 0 Å². The van der Waals surface area contributed by atoms with Crippen LogP contribution in [0.5, 0.6) is 11.6 Å². The number of hydrogen-bond donors (Lipinski definition) is 1. The second kappa shape index (κ2) is 11.9. The molecule has 0 spiro atoms. The zero-order valence-corrected chi connectivity index (χ0v) is 23.7. The molecule has 7 nitrogen and oxygen atoms in total. The molecule has 212 valence electrons. The van der Waals surface area contributed by atoms with Crippen molar-refractivity contribution < 1.29 is 23.8 Å². The third-order valence-electron chi connectivity index (χ3n) is 8.44. The first-order chi connectivity index (χ1) is 19.3. The maximum atomic E-state index is 14.9. The van der Waals surface area contributed by atoms with E-state index in [4.69, 9.17) is 14.5 Å². The number of methoxy groups -OCH3 is 1. The summed E-state index contributed by atoms with van der Waals surface area (Å²) in [4.78, 5) is 22.9. The van der Waals surface area contributed by atoms with Gasteiger partial charge in [0.1, 0.15) is 17.7 Å². The van der Waals surface area contributed by atoms with Crippen molar-refractivity contribution in [3.8, 4) is 22.8 Å². The second-order valence-corrected chi connectivity index (χ2v) is 10.9. The van der Waals surface area contributed by atoms with E-state index in [2.05, 4.69) is 35.9 Å². The van der Waals surface area contributed by atoms with Crippen LogP contribution in [0.2, 0.25) is 0 Å². The average molecular weight is 548 g/mol. The number of hydrogen-bond acceptors (Lipinski definition) is 6. The third-order valence-corrected chi connectivity index (χ3v) is 8.44. The molecule has 1 aromatic carbocycles. The molecule has 2 unspecified atom stereocenters. The van der Waals surface area contributed by atoms with Crippen molar-refractivity contribution in [2.45, 2.75) is 65.0 Å². The predicted molar refractivity (Wildman–Crippen MR) is 151 cm³/mol. The molecule has 3 atom stereocenters. The second-order valence-electron chi connectivity index (χ2n) is 10.9. The number of aryl methyl sites for hydroxylation is 1. The molecule has 2 aliphatic rings. The smallest absolute Gasteiger partial charge is 0.306 e.